The summed E-state index contributed by atoms with van der Waals surface area (Å²) in [5.41, 5.74) is 6.46. The van der Waals surface area contributed by atoms with Gasteiger partial charge in [-0.15, -0.1) is 5.06 Å². The van der Waals surface area contributed by atoms with Crippen LogP contribution in [-0.2, 0) is 14.9 Å². The smallest absolute Gasteiger partial charge is 0.384 e. The molecule has 4 N–H and O–H groups in total. The molecular formula is C22H23N5O4S. The van der Waals surface area contributed by atoms with Gasteiger partial charge in [0.2, 0.25) is 10.0 Å². The SMILES string of the molecule is N=C(N)c1ccc(NC(=O)ON2CCN(S(=O)(=O)c3ccc4ccccc4c3)CC2)cc1. The van der Waals surface area contributed by atoms with Gasteiger partial charge in [-0.3, -0.25) is 10.7 Å². The van der Waals surface area contributed by atoms with E-state index < -0.39 is 16.1 Å². The maximum absolute atomic E-state index is 13.0. The molecule has 4 rings (SSSR count). The minimum absolute atomic E-state index is 0.0596. The van der Waals surface area contributed by atoms with Gasteiger partial charge >= 0.3 is 6.09 Å². The van der Waals surface area contributed by atoms with Gasteiger partial charge in [-0.25, -0.2) is 13.2 Å². The molecule has 0 radical (unpaired) electrons. The number of sulfonamides is 1. The summed E-state index contributed by atoms with van der Waals surface area (Å²) in [4.78, 5) is 17.7. The van der Waals surface area contributed by atoms with E-state index in [1.54, 1.807) is 42.5 Å². The molecular weight excluding hydrogens is 430 g/mol. The normalized spacial score (nSPS) is 15.4. The predicted molar refractivity (Wildman–Crippen MR) is 122 cm³/mol. The van der Waals surface area contributed by atoms with E-state index in [1.165, 1.54) is 9.37 Å². The molecule has 0 spiro atoms. The van der Waals surface area contributed by atoms with E-state index in [-0.39, 0.29) is 36.9 Å². The van der Waals surface area contributed by atoms with Crippen LogP contribution in [-0.4, -0.2) is 55.9 Å². The van der Waals surface area contributed by atoms with Gasteiger partial charge in [0.25, 0.3) is 0 Å². The molecule has 1 heterocycles. The minimum Gasteiger partial charge on any atom is -0.384 e. The Hall–Kier alpha value is -3.47. The van der Waals surface area contributed by atoms with Crippen LogP contribution in [0.4, 0.5) is 10.5 Å². The molecule has 166 valence electrons. The molecule has 0 atom stereocenters. The summed E-state index contributed by atoms with van der Waals surface area (Å²) >= 11 is 0. The zero-order valence-corrected chi connectivity index (χ0v) is 18.0. The van der Waals surface area contributed by atoms with Crippen molar-refractivity contribution >= 4 is 38.4 Å². The summed E-state index contributed by atoms with van der Waals surface area (Å²) in [5.74, 6) is -0.0596. The molecule has 0 aromatic heterocycles. The van der Waals surface area contributed by atoms with E-state index in [2.05, 4.69) is 5.32 Å². The maximum Gasteiger partial charge on any atom is 0.430 e. The van der Waals surface area contributed by atoms with Crippen molar-refractivity contribution < 1.29 is 18.0 Å². The number of nitrogens with zero attached hydrogens (tertiary/aromatic N) is 2. The van der Waals surface area contributed by atoms with Crippen LogP contribution in [0.25, 0.3) is 10.8 Å². The predicted octanol–water partition coefficient (Wildman–Crippen LogP) is 2.59. The van der Waals surface area contributed by atoms with Gasteiger partial charge < -0.3 is 10.6 Å². The lowest BCUT2D eigenvalue weighted by Gasteiger charge is -2.32. The first-order valence-corrected chi connectivity index (χ1v) is 11.4. The van der Waals surface area contributed by atoms with E-state index in [1.807, 2.05) is 24.3 Å². The van der Waals surface area contributed by atoms with Crippen LogP contribution in [0.2, 0.25) is 0 Å². The second-order valence-corrected chi connectivity index (χ2v) is 9.27. The fourth-order valence-corrected chi connectivity index (χ4v) is 4.93. The number of nitrogens with one attached hydrogen (secondary N) is 2. The Labute approximate surface area is 185 Å². The molecule has 1 amide bonds. The van der Waals surface area contributed by atoms with E-state index in [0.29, 0.717) is 11.3 Å². The first-order chi connectivity index (χ1) is 15.3. The van der Waals surface area contributed by atoms with Crippen molar-refractivity contribution in [1.29, 1.82) is 5.41 Å². The highest BCUT2D eigenvalue weighted by Crippen LogP contribution is 2.23. The number of nitrogens with two attached hydrogens (primary N) is 1. The molecule has 32 heavy (non-hydrogen) atoms. The van der Waals surface area contributed by atoms with E-state index >= 15 is 0 Å². The highest BCUT2D eigenvalue weighted by Gasteiger charge is 2.30. The summed E-state index contributed by atoms with van der Waals surface area (Å²) < 4.78 is 27.5. The number of hydrogen-bond donors (Lipinski definition) is 3. The first-order valence-electron chi connectivity index (χ1n) is 10.0. The van der Waals surface area contributed by atoms with E-state index in [4.69, 9.17) is 16.0 Å². The Morgan fingerprint density at radius 2 is 1.59 bits per heavy atom. The fraction of sp³-hybridized carbons (Fsp3) is 0.182. The Morgan fingerprint density at radius 3 is 2.25 bits per heavy atom. The number of rotatable bonds is 5. The van der Waals surface area contributed by atoms with Crippen molar-refractivity contribution in [1.82, 2.24) is 9.37 Å². The Balaban J connectivity index is 1.33. The number of carbonyl (C=O) groups is 1. The zero-order chi connectivity index (χ0) is 22.7. The second-order valence-electron chi connectivity index (χ2n) is 7.34. The molecule has 1 saturated heterocycles. The largest absolute Gasteiger partial charge is 0.430 e. The van der Waals surface area contributed by atoms with Gasteiger partial charge in [0.05, 0.1) is 4.90 Å². The molecule has 0 bridgehead atoms. The molecule has 1 fully saturated rings. The van der Waals surface area contributed by atoms with Crippen LogP contribution in [0.15, 0.2) is 71.6 Å². The van der Waals surface area contributed by atoms with Crippen molar-refractivity contribution in [3.8, 4) is 0 Å². The highest BCUT2D eigenvalue weighted by atomic mass is 32.2. The summed E-state index contributed by atoms with van der Waals surface area (Å²) in [6.07, 6.45) is -0.675. The van der Waals surface area contributed by atoms with E-state index in [0.717, 1.165) is 10.8 Å². The van der Waals surface area contributed by atoms with Gasteiger partial charge in [0, 0.05) is 37.4 Å². The zero-order valence-electron chi connectivity index (χ0n) is 17.2. The number of carbonyl (C=O) groups excluding carboxylic acids is 1. The number of amidine groups is 1. The monoisotopic (exact) mass is 453 g/mol. The molecule has 0 unspecified atom stereocenters. The minimum atomic E-state index is -3.64. The van der Waals surface area contributed by atoms with Crippen LogP contribution < -0.4 is 11.1 Å². The number of benzene rings is 3. The van der Waals surface area contributed by atoms with Crippen LogP contribution in [0, 0.1) is 5.41 Å². The number of anilines is 1. The van der Waals surface area contributed by atoms with Gasteiger partial charge in [0.15, 0.2) is 0 Å². The van der Waals surface area contributed by atoms with Gasteiger partial charge in [0.1, 0.15) is 5.84 Å². The number of piperazine rings is 1. The topological polar surface area (TPSA) is 129 Å². The summed E-state index contributed by atoms with van der Waals surface area (Å²) in [6, 6.07) is 19.2. The molecule has 3 aromatic rings. The van der Waals surface area contributed by atoms with Gasteiger partial charge in [-0.05, 0) is 47.2 Å². The maximum atomic E-state index is 13.0. The average Bonchev–Trinajstić information content (AvgIpc) is 2.79. The Bertz CT molecular complexity index is 1250. The Kier molecular flexibility index (Phi) is 6.08. The fourth-order valence-electron chi connectivity index (χ4n) is 3.47. The molecule has 0 saturated carbocycles. The van der Waals surface area contributed by atoms with E-state index in [9.17, 15) is 13.2 Å². The molecule has 10 heteroatoms. The lowest BCUT2D eigenvalue weighted by molar-refractivity contribution is -0.109. The molecule has 9 nitrogen and oxygen atoms in total. The summed E-state index contributed by atoms with van der Waals surface area (Å²) in [6.45, 7) is 0.915. The van der Waals surface area contributed by atoms with Crippen molar-refractivity contribution in [2.24, 2.45) is 5.73 Å². The molecule has 3 aromatic carbocycles. The lowest BCUT2D eigenvalue weighted by Crippen LogP contribution is -2.49. The van der Waals surface area contributed by atoms with Crippen LogP contribution in [0.1, 0.15) is 5.56 Å². The van der Waals surface area contributed by atoms with Crippen molar-refractivity contribution in [2.45, 2.75) is 4.90 Å². The second kappa shape index (κ2) is 8.95. The number of amides is 1. The van der Waals surface area contributed by atoms with Gasteiger partial charge in [-0.2, -0.15) is 4.31 Å². The first kappa shape index (κ1) is 21.8. The van der Waals surface area contributed by atoms with Gasteiger partial charge in [-0.1, -0.05) is 30.3 Å². The van der Waals surface area contributed by atoms with Crippen LogP contribution in [0.3, 0.4) is 0 Å². The average molecular weight is 454 g/mol. The van der Waals surface area contributed by atoms with Crippen molar-refractivity contribution in [3.63, 3.8) is 0 Å². The highest BCUT2D eigenvalue weighted by molar-refractivity contribution is 7.89. The van der Waals surface area contributed by atoms with Crippen LogP contribution in [0.5, 0.6) is 0 Å². The van der Waals surface area contributed by atoms with Crippen molar-refractivity contribution in [2.75, 3.05) is 31.5 Å². The number of nitrogen functional groups attached to an aromatic ring is 1. The molecule has 1 aliphatic heterocycles. The van der Waals surface area contributed by atoms with Crippen molar-refractivity contribution in [3.05, 3.63) is 72.3 Å². The quantitative estimate of drug-likeness (QED) is 0.402. The molecule has 1 aliphatic rings. The number of fused-ring (bicyclic) bond motifs is 1. The number of hydrogen-bond acceptors (Lipinski definition) is 6. The lowest BCUT2D eigenvalue weighted by atomic mass is 10.1. The Morgan fingerprint density at radius 1 is 0.938 bits per heavy atom. The summed E-state index contributed by atoms with van der Waals surface area (Å²) in [7, 11) is -3.64. The molecule has 0 aliphatic carbocycles. The third-order valence-corrected chi connectivity index (χ3v) is 7.11. The summed E-state index contributed by atoms with van der Waals surface area (Å²) in [5, 5.41) is 13.3. The number of hydroxylamine groups is 2. The van der Waals surface area contributed by atoms with Crippen LogP contribution >= 0.6 is 0 Å². The third-order valence-electron chi connectivity index (χ3n) is 5.21. The third kappa shape index (κ3) is 4.72. The standard InChI is InChI=1S/C22H23N5O4S/c23-21(24)17-5-8-19(9-6-17)25-22(28)31-26-11-13-27(14-12-26)32(29,30)20-10-7-16-3-1-2-4-18(16)15-20/h1-10,15H,11-14H2,(H3,23,24)(H,25,28).